The van der Waals surface area contributed by atoms with Crippen molar-refractivity contribution < 1.29 is 9.90 Å². The zero-order chi connectivity index (χ0) is 14.6. The van der Waals surface area contributed by atoms with Crippen molar-refractivity contribution in [1.29, 1.82) is 0 Å². The molecule has 0 aromatic heterocycles. The number of hydrogen-bond donors (Lipinski definition) is 3. The van der Waals surface area contributed by atoms with Crippen LogP contribution in [0.4, 0.5) is 0 Å². The molecule has 6 atom stereocenters. The van der Waals surface area contributed by atoms with Crippen molar-refractivity contribution >= 4 is 5.91 Å². The Balaban J connectivity index is 1.53. The van der Waals surface area contributed by atoms with Gasteiger partial charge in [0, 0.05) is 12.5 Å². The van der Waals surface area contributed by atoms with Crippen LogP contribution in [-0.4, -0.2) is 23.2 Å². The standard InChI is InChI=1S/C17H22N2O2/c18-15-11-6-5-10(7-11)14(15)17(21)19-16-12-4-2-1-3-9(12)8-13(16)20/h1-4,10-11,13-16,20H,5-8,18H2,(H,19,21)/t10?,11?,13-,14?,15?,16+/m0/s1. The van der Waals surface area contributed by atoms with Crippen molar-refractivity contribution in [2.24, 2.45) is 23.5 Å². The lowest BCUT2D eigenvalue weighted by atomic mass is 9.84. The summed E-state index contributed by atoms with van der Waals surface area (Å²) in [6.45, 7) is 0. The second kappa shape index (κ2) is 4.82. The van der Waals surface area contributed by atoms with Gasteiger partial charge in [0.05, 0.1) is 18.1 Å². The summed E-state index contributed by atoms with van der Waals surface area (Å²) in [6, 6.07) is 7.67. The molecule has 2 fully saturated rings. The van der Waals surface area contributed by atoms with Crippen LogP contribution in [0.1, 0.15) is 36.4 Å². The van der Waals surface area contributed by atoms with Gasteiger partial charge in [-0.2, -0.15) is 0 Å². The second-order valence-corrected chi connectivity index (χ2v) is 6.89. The van der Waals surface area contributed by atoms with Crippen molar-refractivity contribution in [3.05, 3.63) is 35.4 Å². The van der Waals surface area contributed by atoms with Crippen molar-refractivity contribution in [3.8, 4) is 0 Å². The van der Waals surface area contributed by atoms with E-state index < -0.39 is 6.10 Å². The Hall–Kier alpha value is -1.39. The molecule has 0 radical (unpaired) electrons. The van der Waals surface area contributed by atoms with E-state index in [4.69, 9.17) is 5.73 Å². The van der Waals surface area contributed by atoms with E-state index >= 15 is 0 Å². The van der Waals surface area contributed by atoms with Crippen LogP contribution in [0.3, 0.4) is 0 Å². The molecule has 21 heavy (non-hydrogen) atoms. The van der Waals surface area contributed by atoms with E-state index in [0.29, 0.717) is 18.3 Å². The predicted molar refractivity (Wildman–Crippen MR) is 79.3 cm³/mol. The summed E-state index contributed by atoms with van der Waals surface area (Å²) in [5, 5.41) is 13.3. The number of fused-ring (bicyclic) bond motifs is 3. The van der Waals surface area contributed by atoms with Gasteiger partial charge in [-0.3, -0.25) is 4.79 Å². The first-order chi connectivity index (χ1) is 10.1. The van der Waals surface area contributed by atoms with Crippen LogP contribution in [0.25, 0.3) is 0 Å². The Bertz CT molecular complexity index is 572. The fraction of sp³-hybridized carbons (Fsp3) is 0.588. The Morgan fingerprint density at radius 1 is 1.24 bits per heavy atom. The van der Waals surface area contributed by atoms with E-state index in [2.05, 4.69) is 5.32 Å². The highest BCUT2D eigenvalue weighted by Crippen LogP contribution is 2.48. The molecule has 0 spiro atoms. The molecule has 4 heteroatoms. The molecule has 0 saturated heterocycles. The zero-order valence-corrected chi connectivity index (χ0v) is 12.0. The van der Waals surface area contributed by atoms with Crippen LogP contribution >= 0.6 is 0 Å². The summed E-state index contributed by atoms with van der Waals surface area (Å²) in [5.41, 5.74) is 8.43. The van der Waals surface area contributed by atoms with Crippen LogP contribution in [-0.2, 0) is 11.2 Å². The first-order valence-electron chi connectivity index (χ1n) is 7.97. The van der Waals surface area contributed by atoms with E-state index in [1.807, 2.05) is 24.3 Å². The third-order valence-electron chi connectivity index (χ3n) is 5.79. The Morgan fingerprint density at radius 3 is 2.76 bits per heavy atom. The Kier molecular flexibility index (Phi) is 3.05. The van der Waals surface area contributed by atoms with Crippen LogP contribution in [0, 0.1) is 17.8 Å². The average Bonchev–Trinajstić information content (AvgIpc) is 3.13. The Morgan fingerprint density at radius 2 is 2.00 bits per heavy atom. The van der Waals surface area contributed by atoms with E-state index in [-0.39, 0.29) is 23.9 Å². The molecule has 1 amide bonds. The van der Waals surface area contributed by atoms with Crippen LogP contribution in [0.15, 0.2) is 24.3 Å². The molecule has 1 aromatic rings. The van der Waals surface area contributed by atoms with E-state index in [0.717, 1.165) is 24.0 Å². The number of aliphatic hydroxyl groups excluding tert-OH is 1. The average molecular weight is 286 g/mol. The first-order valence-corrected chi connectivity index (χ1v) is 7.97. The van der Waals surface area contributed by atoms with Crippen molar-refractivity contribution in [1.82, 2.24) is 5.32 Å². The highest BCUT2D eigenvalue weighted by atomic mass is 16.3. The third kappa shape index (κ3) is 2.00. The second-order valence-electron chi connectivity index (χ2n) is 6.89. The highest BCUT2D eigenvalue weighted by Gasteiger charge is 2.49. The molecular formula is C17H22N2O2. The first kappa shape index (κ1) is 13.3. The molecule has 1 aromatic carbocycles. The third-order valence-corrected chi connectivity index (χ3v) is 5.79. The van der Waals surface area contributed by atoms with Gasteiger partial charge >= 0.3 is 0 Å². The molecule has 2 saturated carbocycles. The van der Waals surface area contributed by atoms with Gasteiger partial charge < -0.3 is 16.2 Å². The lowest BCUT2D eigenvalue weighted by Crippen LogP contribution is -2.47. The molecule has 4 rings (SSSR count). The minimum atomic E-state index is -0.527. The lowest BCUT2D eigenvalue weighted by molar-refractivity contribution is -0.128. The van der Waals surface area contributed by atoms with Crippen molar-refractivity contribution in [3.63, 3.8) is 0 Å². The molecule has 2 bridgehead atoms. The minimum absolute atomic E-state index is 0.00228. The maximum absolute atomic E-state index is 12.7. The number of nitrogens with one attached hydrogen (secondary N) is 1. The number of hydrogen-bond acceptors (Lipinski definition) is 3. The largest absolute Gasteiger partial charge is 0.390 e. The summed E-state index contributed by atoms with van der Waals surface area (Å²) in [5.74, 6) is 0.935. The maximum Gasteiger partial charge on any atom is 0.225 e. The maximum atomic E-state index is 12.7. The fourth-order valence-electron chi connectivity index (χ4n) is 4.72. The normalized spacial score (nSPS) is 40.3. The molecule has 4 unspecified atom stereocenters. The number of benzene rings is 1. The molecular weight excluding hydrogens is 264 g/mol. The van der Waals surface area contributed by atoms with Crippen LogP contribution < -0.4 is 11.1 Å². The van der Waals surface area contributed by atoms with Gasteiger partial charge in [0.2, 0.25) is 5.91 Å². The van der Waals surface area contributed by atoms with Gasteiger partial charge in [0.25, 0.3) is 0 Å². The lowest BCUT2D eigenvalue weighted by Gasteiger charge is -2.29. The van der Waals surface area contributed by atoms with Crippen molar-refractivity contribution in [2.45, 2.75) is 43.9 Å². The number of aliphatic hydroxyl groups is 1. The van der Waals surface area contributed by atoms with Crippen molar-refractivity contribution in [2.75, 3.05) is 0 Å². The summed E-state index contributed by atoms with van der Waals surface area (Å²) in [7, 11) is 0. The van der Waals surface area contributed by atoms with Gasteiger partial charge in [-0.25, -0.2) is 0 Å². The number of amides is 1. The molecule has 0 heterocycles. The minimum Gasteiger partial charge on any atom is -0.390 e. The SMILES string of the molecule is NC1C2CCC(C2)C1C(=O)N[C@@H]1c2ccccc2C[C@@H]1O. The topological polar surface area (TPSA) is 75.4 Å². The van der Waals surface area contributed by atoms with Gasteiger partial charge in [0.15, 0.2) is 0 Å². The van der Waals surface area contributed by atoms with E-state index in [9.17, 15) is 9.90 Å². The quantitative estimate of drug-likeness (QED) is 0.763. The summed E-state index contributed by atoms with van der Waals surface area (Å²) in [6.07, 6.45) is 3.48. The molecule has 4 nitrogen and oxygen atoms in total. The molecule has 112 valence electrons. The molecule has 3 aliphatic rings. The van der Waals surface area contributed by atoms with Gasteiger partial charge in [0.1, 0.15) is 0 Å². The van der Waals surface area contributed by atoms with E-state index in [1.165, 1.54) is 6.42 Å². The van der Waals surface area contributed by atoms with Gasteiger partial charge in [-0.15, -0.1) is 0 Å². The predicted octanol–water partition coefficient (Wildman–Crippen LogP) is 1.13. The summed E-state index contributed by atoms with van der Waals surface area (Å²) < 4.78 is 0. The fourth-order valence-corrected chi connectivity index (χ4v) is 4.72. The van der Waals surface area contributed by atoms with Gasteiger partial charge in [-0.05, 0) is 42.2 Å². The summed E-state index contributed by atoms with van der Waals surface area (Å²) in [4.78, 5) is 12.7. The molecule has 4 N–H and O–H groups in total. The Labute approximate surface area is 124 Å². The zero-order valence-electron chi connectivity index (χ0n) is 12.0. The number of nitrogens with two attached hydrogens (primary N) is 1. The monoisotopic (exact) mass is 286 g/mol. The molecule has 0 aliphatic heterocycles. The van der Waals surface area contributed by atoms with Crippen LogP contribution in [0.2, 0.25) is 0 Å². The van der Waals surface area contributed by atoms with Crippen LogP contribution in [0.5, 0.6) is 0 Å². The number of carbonyl (C=O) groups excluding carboxylic acids is 1. The number of rotatable bonds is 2. The van der Waals surface area contributed by atoms with E-state index in [1.54, 1.807) is 0 Å². The number of carbonyl (C=O) groups is 1. The molecule has 3 aliphatic carbocycles. The van der Waals surface area contributed by atoms with Gasteiger partial charge in [-0.1, -0.05) is 24.3 Å². The summed E-state index contributed by atoms with van der Waals surface area (Å²) >= 11 is 0. The smallest absolute Gasteiger partial charge is 0.225 e. The highest BCUT2D eigenvalue weighted by molar-refractivity contribution is 5.81.